The maximum atomic E-state index is 10.8. The number of amides is 1. The summed E-state index contributed by atoms with van der Waals surface area (Å²) in [6, 6.07) is 3.46. The van der Waals surface area contributed by atoms with Gasteiger partial charge >= 0.3 is 0 Å². The number of aromatic hydroxyl groups is 1. The smallest absolute Gasteiger partial charge is 0.154 e. The predicted octanol–water partition coefficient (Wildman–Crippen LogP) is 1.83. The Kier molecular flexibility index (Phi) is 4.67. The van der Waals surface area contributed by atoms with Crippen LogP contribution in [0.15, 0.2) is 18.3 Å². The zero-order chi connectivity index (χ0) is 11.0. The monoisotopic (exact) mass is 569 g/mol. The fourth-order valence-electron chi connectivity index (χ4n) is 1.32. The number of fused-ring (bicyclic) bond motifs is 1. The zero-order valence-corrected chi connectivity index (χ0v) is 18.7. The van der Waals surface area contributed by atoms with Crippen molar-refractivity contribution < 1.29 is 42.6 Å². The van der Waals surface area contributed by atoms with E-state index in [1.165, 1.54) is 6.20 Å². The van der Waals surface area contributed by atoms with Gasteiger partial charge in [0.25, 0.3) is 0 Å². The molecule has 2 N–H and O–H groups in total. The Bertz CT molecular complexity index is 562. The first-order valence-electron chi connectivity index (χ1n) is 4.31. The van der Waals surface area contributed by atoms with Crippen LogP contribution in [0.2, 0.25) is 0 Å². The molecule has 0 fully saturated rings. The molecule has 17 heavy (non-hydrogen) atoms. The Morgan fingerprint density at radius 1 is 1.41 bits per heavy atom. The van der Waals surface area contributed by atoms with E-state index in [1.54, 1.807) is 19.1 Å². The third-order valence-corrected chi connectivity index (χ3v) is 2.07. The van der Waals surface area contributed by atoms with Gasteiger partial charge in [-0.1, -0.05) is 0 Å². The zero-order valence-electron chi connectivity index (χ0n) is 9.27. The molecule has 0 atom stereocenters. The van der Waals surface area contributed by atoms with Crippen LogP contribution in [-0.4, -0.2) is 21.0 Å². The van der Waals surface area contributed by atoms with Crippen molar-refractivity contribution in [2.24, 2.45) is 0 Å². The number of hydrogen-bond acceptors (Lipinski definition) is 4. The van der Waals surface area contributed by atoms with Crippen LogP contribution in [0.4, 0.5) is 0 Å². The van der Waals surface area contributed by atoms with E-state index in [0.717, 1.165) is 0 Å². The summed E-state index contributed by atoms with van der Waals surface area (Å²) in [5.41, 5.74) is 8.27. The van der Waals surface area contributed by atoms with E-state index >= 15 is 0 Å². The van der Waals surface area contributed by atoms with Gasteiger partial charge in [0.15, 0.2) is 5.75 Å². The van der Waals surface area contributed by atoms with E-state index in [2.05, 4.69) is 9.97 Å². The number of nitrogens with zero attached hydrogens (tertiary/aromatic N) is 2. The number of nitrogens with one attached hydrogen (secondary N) is 1. The summed E-state index contributed by atoms with van der Waals surface area (Å²) in [7, 11) is 0. The molecule has 2 aromatic heterocycles. The quantitative estimate of drug-likeness (QED) is 0.569. The fraction of sp³-hybridized carbons (Fsp3) is 0.100. The summed E-state index contributed by atoms with van der Waals surface area (Å²) in [6.07, 6.45) is 1.18. The number of carbonyl (C=O) groups is 1. The molecule has 5 nitrogen and oxygen atoms in total. The van der Waals surface area contributed by atoms with Crippen molar-refractivity contribution >= 4 is 16.9 Å². The van der Waals surface area contributed by atoms with Crippen molar-refractivity contribution in [3.05, 3.63) is 35.3 Å². The molecule has 0 spiro atoms. The van der Waals surface area contributed by atoms with Crippen molar-refractivity contribution in [3.8, 4) is 5.75 Å². The van der Waals surface area contributed by atoms with E-state index in [1.807, 2.05) is 0 Å². The molecule has 0 aliphatic heterocycles. The fourth-order valence-corrected chi connectivity index (χ4v) is 1.32. The summed E-state index contributed by atoms with van der Waals surface area (Å²) in [6.45, 7) is 1.77. The standard InChI is InChI=1S/C10H9N3O2.Mt.Y/c1-5-2-3-7-8(13-5)9(14)6(4-12-7)10(11)15;;/h2-4H,1H3,(H3,11,12,14,15);;/p-1. The van der Waals surface area contributed by atoms with Crippen LogP contribution in [0.25, 0.3) is 16.8 Å². The topological polar surface area (TPSA) is 86.9 Å². The second-order valence-corrected chi connectivity index (χ2v) is 3.17. The first kappa shape index (κ1) is 14.9. The molecule has 0 saturated carbocycles. The first-order chi connectivity index (χ1) is 7.09. The van der Waals surface area contributed by atoms with Gasteiger partial charge in [0, 0.05) is 44.6 Å². The molecule has 0 saturated heterocycles. The van der Waals surface area contributed by atoms with Gasteiger partial charge in [-0.15, -0.1) is 0 Å². The van der Waals surface area contributed by atoms with Crippen molar-refractivity contribution in [2.45, 2.75) is 6.92 Å². The van der Waals surface area contributed by atoms with Gasteiger partial charge in [-0.25, -0.2) is 4.98 Å². The van der Waals surface area contributed by atoms with Gasteiger partial charge < -0.3 is 15.6 Å². The van der Waals surface area contributed by atoms with Crippen LogP contribution in [0.1, 0.15) is 16.1 Å². The Morgan fingerprint density at radius 2 is 2.06 bits per heavy atom. The number of aryl methyl sites for hydroxylation is 1. The summed E-state index contributed by atoms with van der Waals surface area (Å²) >= 11 is 0. The van der Waals surface area contributed by atoms with Gasteiger partial charge in [-0.3, -0.25) is 4.98 Å². The summed E-state index contributed by atoms with van der Waals surface area (Å²) in [5, 5.41) is 9.70. The molecule has 2 rings (SSSR count). The Labute approximate surface area is 117 Å². The molecule has 0 unspecified atom stereocenters. The Morgan fingerprint density at radius 3 is 2.65 bits per heavy atom. The normalized spacial score (nSPS) is 9.24. The maximum absolute atomic E-state index is 10.8. The molecule has 0 aliphatic carbocycles. The number of hydrogen-bond donors (Lipinski definition) is 1. The third kappa shape index (κ3) is 2.54. The number of rotatable bonds is 1. The molecule has 0 aliphatic rings. The van der Waals surface area contributed by atoms with E-state index in [4.69, 9.17) is 5.73 Å². The van der Waals surface area contributed by atoms with Gasteiger partial charge in [-0.05, 0) is 19.1 Å². The molecular formula is C10H8MtN3O2Y-. The van der Waals surface area contributed by atoms with Crippen LogP contribution in [0.5, 0.6) is 5.75 Å². The SMILES string of the molecule is Cc1ccc2ncc(C([NH-])=O)c(O)c2n1.[Mt].[Y]. The van der Waals surface area contributed by atoms with E-state index in [9.17, 15) is 9.90 Å². The van der Waals surface area contributed by atoms with E-state index < -0.39 is 5.91 Å². The average Bonchev–Trinajstić information content (AvgIpc) is 2.19. The van der Waals surface area contributed by atoms with Crippen LogP contribution in [-0.2, 0) is 32.7 Å². The maximum Gasteiger partial charge on any atom is 0.154 e. The minimum Gasteiger partial charge on any atom is -0.663 e. The molecule has 0 bridgehead atoms. The van der Waals surface area contributed by atoms with Crippen LogP contribution in [0.3, 0.4) is 0 Å². The Balaban J connectivity index is 0.00000128. The van der Waals surface area contributed by atoms with E-state index in [0.29, 0.717) is 11.2 Å². The van der Waals surface area contributed by atoms with Crippen LogP contribution >= 0.6 is 0 Å². The molecule has 7 heteroatoms. The third-order valence-electron chi connectivity index (χ3n) is 2.07. The molecular weight excluding hydrogens is 561 g/mol. The Hall–Kier alpha value is -2.07. The van der Waals surface area contributed by atoms with Gasteiger partial charge in [0.2, 0.25) is 0 Å². The molecule has 1 amide bonds. The first-order valence-corrected chi connectivity index (χ1v) is 4.31. The number of carbonyl (C=O) groups excluding carboxylic acids is 1. The predicted molar refractivity (Wildman–Crippen MR) is 54.6 cm³/mol. The summed E-state index contributed by atoms with van der Waals surface area (Å²) in [4.78, 5) is 18.8. The van der Waals surface area contributed by atoms with Gasteiger partial charge in [0.05, 0.1) is 17.0 Å². The van der Waals surface area contributed by atoms with Crippen LogP contribution < -0.4 is 0 Å². The van der Waals surface area contributed by atoms with E-state index in [-0.39, 0.29) is 49.5 Å². The largest absolute Gasteiger partial charge is 0.663 e. The average molecular weight is 569 g/mol. The summed E-state index contributed by atoms with van der Waals surface area (Å²) < 4.78 is 0. The van der Waals surface area contributed by atoms with Crippen molar-refractivity contribution in [3.63, 3.8) is 0 Å². The second kappa shape index (κ2) is 5.32. The van der Waals surface area contributed by atoms with Crippen molar-refractivity contribution in [1.29, 1.82) is 0 Å². The van der Waals surface area contributed by atoms with Gasteiger partial charge in [-0.2, -0.15) is 0 Å². The van der Waals surface area contributed by atoms with Crippen LogP contribution in [0, 0.1) is 6.92 Å². The minimum atomic E-state index is -0.967. The van der Waals surface area contributed by atoms with Crippen molar-refractivity contribution in [2.75, 3.05) is 0 Å². The second-order valence-electron chi connectivity index (χ2n) is 3.17. The van der Waals surface area contributed by atoms with Crippen molar-refractivity contribution in [1.82, 2.24) is 9.97 Å². The minimum absolute atomic E-state index is 0. The number of aromatic nitrogens is 2. The summed E-state index contributed by atoms with van der Waals surface area (Å²) in [5.74, 6) is -1.24. The van der Waals surface area contributed by atoms with Gasteiger partial charge in [0.1, 0.15) is 5.52 Å². The molecule has 81 valence electrons. The number of pyridine rings is 2. The molecule has 0 aromatic carbocycles. The molecule has 2 heterocycles. The molecule has 1 radical (unpaired) electrons. The molecule has 2 aromatic rings.